The van der Waals surface area contributed by atoms with Crippen LogP contribution in [0.15, 0.2) is 18.2 Å². The highest BCUT2D eigenvalue weighted by Crippen LogP contribution is 2.27. The fraction of sp³-hybridized carbons (Fsp3) is 0.500. The molecule has 0 radical (unpaired) electrons. The molecule has 1 fully saturated rings. The van der Waals surface area contributed by atoms with E-state index in [0.717, 1.165) is 19.3 Å². The minimum atomic E-state index is -0.824. The van der Waals surface area contributed by atoms with Crippen molar-refractivity contribution < 1.29 is 14.6 Å². The molecule has 0 bridgehead atoms. The van der Waals surface area contributed by atoms with E-state index in [0.29, 0.717) is 41.4 Å². The molecule has 2 rings (SSSR count). The first-order valence-electron chi connectivity index (χ1n) is 6.62. The molecule has 0 spiro atoms. The topological polar surface area (TPSA) is 49.8 Å². The van der Waals surface area contributed by atoms with Crippen LogP contribution in [0.1, 0.15) is 19.3 Å². The van der Waals surface area contributed by atoms with Gasteiger partial charge in [0.1, 0.15) is 5.75 Å². The molecule has 6 heteroatoms. The maximum atomic E-state index is 10.8. The highest BCUT2D eigenvalue weighted by Gasteiger charge is 2.21. The van der Waals surface area contributed by atoms with E-state index in [-0.39, 0.29) is 0 Å². The zero-order valence-corrected chi connectivity index (χ0v) is 12.5. The number of hydrogen-bond donors (Lipinski definition) is 1. The summed E-state index contributed by atoms with van der Waals surface area (Å²) in [5.41, 5.74) is 0. The second-order valence-corrected chi connectivity index (χ2v) is 5.74. The van der Waals surface area contributed by atoms with Crippen molar-refractivity contribution in [2.45, 2.75) is 19.3 Å². The van der Waals surface area contributed by atoms with Crippen molar-refractivity contribution in [3.05, 3.63) is 28.2 Å². The first kappa shape index (κ1) is 15.3. The molecule has 1 saturated heterocycles. The van der Waals surface area contributed by atoms with Crippen molar-refractivity contribution in [1.29, 1.82) is 0 Å². The number of amides is 1. The zero-order valence-electron chi connectivity index (χ0n) is 11.0. The normalized spacial score (nSPS) is 16.2. The molecule has 0 saturated carbocycles. The summed E-state index contributed by atoms with van der Waals surface area (Å²) in [6.07, 6.45) is 1.90. The van der Waals surface area contributed by atoms with E-state index in [1.165, 1.54) is 4.90 Å². The number of benzene rings is 1. The van der Waals surface area contributed by atoms with E-state index in [1.54, 1.807) is 18.2 Å². The molecular formula is C14H17Cl2NO3. The molecule has 1 aromatic carbocycles. The lowest BCUT2D eigenvalue weighted by molar-refractivity contribution is 0.119. The van der Waals surface area contributed by atoms with Gasteiger partial charge in [-0.05, 0) is 37.3 Å². The van der Waals surface area contributed by atoms with Crippen LogP contribution in [-0.4, -0.2) is 35.8 Å². The largest absolute Gasteiger partial charge is 0.494 e. The molecule has 4 nitrogen and oxygen atoms in total. The van der Waals surface area contributed by atoms with E-state index < -0.39 is 6.09 Å². The van der Waals surface area contributed by atoms with E-state index in [9.17, 15) is 4.79 Å². The van der Waals surface area contributed by atoms with Gasteiger partial charge in [0, 0.05) is 19.2 Å². The van der Waals surface area contributed by atoms with E-state index in [2.05, 4.69) is 0 Å². The predicted molar refractivity (Wildman–Crippen MR) is 78.9 cm³/mol. The number of carboxylic acid groups (broad SMARTS) is 1. The van der Waals surface area contributed by atoms with Crippen molar-refractivity contribution in [2.75, 3.05) is 19.7 Å². The van der Waals surface area contributed by atoms with Crippen molar-refractivity contribution >= 4 is 29.3 Å². The summed E-state index contributed by atoms with van der Waals surface area (Å²) in [5, 5.41) is 9.87. The Morgan fingerprint density at radius 3 is 2.60 bits per heavy atom. The molecule has 0 atom stereocenters. The number of ether oxygens (including phenoxy) is 1. The molecular weight excluding hydrogens is 301 g/mol. The van der Waals surface area contributed by atoms with Crippen LogP contribution >= 0.6 is 23.2 Å². The second-order valence-electron chi connectivity index (χ2n) is 4.93. The third-order valence-corrected chi connectivity index (χ3v) is 4.31. The van der Waals surface area contributed by atoms with Gasteiger partial charge in [-0.25, -0.2) is 4.79 Å². The van der Waals surface area contributed by atoms with E-state index in [1.807, 2.05) is 0 Å². The lowest BCUT2D eigenvalue weighted by Gasteiger charge is -2.29. The first-order chi connectivity index (χ1) is 9.56. The van der Waals surface area contributed by atoms with Crippen LogP contribution in [-0.2, 0) is 0 Å². The Balaban J connectivity index is 1.71. The van der Waals surface area contributed by atoms with Crippen LogP contribution in [0.5, 0.6) is 5.75 Å². The fourth-order valence-electron chi connectivity index (χ4n) is 2.32. The zero-order chi connectivity index (χ0) is 14.5. The maximum absolute atomic E-state index is 10.8. The van der Waals surface area contributed by atoms with Gasteiger partial charge < -0.3 is 14.7 Å². The maximum Gasteiger partial charge on any atom is 0.407 e. The number of carbonyl (C=O) groups is 1. The monoisotopic (exact) mass is 317 g/mol. The highest BCUT2D eigenvalue weighted by molar-refractivity contribution is 6.42. The summed E-state index contributed by atoms with van der Waals surface area (Å²) in [5.74, 6) is 1.23. The van der Waals surface area contributed by atoms with Gasteiger partial charge in [-0.3, -0.25) is 0 Å². The van der Waals surface area contributed by atoms with Crippen molar-refractivity contribution in [3.63, 3.8) is 0 Å². The number of piperidine rings is 1. The van der Waals surface area contributed by atoms with Crippen molar-refractivity contribution in [3.8, 4) is 5.75 Å². The quantitative estimate of drug-likeness (QED) is 0.907. The molecule has 0 unspecified atom stereocenters. The number of nitrogens with zero attached hydrogens (tertiary/aromatic N) is 1. The smallest absolute Gasteiger partial charge is 0.407 e. The number of halogens is 2. The highest BCUT2D eigenvalue weighted by atomic mass is 35.5. The molecule has 1 aliphatic heterocycles. The average Bonchev–Trinajstić information content (AvgIpc) is 2.43. The summed E-state index contributed by atoms with van der Waals surface area (Å²) in [7, 11) is 0. The Kier molecular flexibility index (Phi) is 5.38. The summed E-state index contributed by atoms with van der Waals surface area (Å²) in [6, 6.07) is 5.21. The molecule has 1 amide bonds. The summed E-state index contributed by atoms with van der Waals surface area (Å²) < 4.78 is 5.65. The standard InChI is InChI=1S/C14H17Cl2NO3/c15-12-2-1-11(9-13(12)16)20-8-5-10-3-6-17(7-4-10)14(18)19/h1-2,9-10H,3-8H2,(H,18,19). The lowest BCUT2D eigenvalue weighted by Crippen LogP contribution is -2.37. The third kappa shape index (κ3) is 4.18. The SMILES string of the molecule is O=C(O)N1CCC(CCOc2ccc(Cl)c(Cl)c2)CC1. The minimum Gasteiger partial charge on any atom is -0.494 e. The average molecular weight is 318 g/mol. The van der Waals surface area contributed by atoms with Gasteiger partial charge in [-0.1, -0.05) is 23.2 Å². The van der Waals surface area contributed by atoms with Gasteiger partial charge in [0.05, 0.1) is 16.7 Å². The van der Waals surface area contributed by atoms with Gasteiger partial charge in [-0.2, -0.15) is 0 Å². The molecule has 1 N–H and O–H groups in total. The first-order valence-corrected chi connectivity index (χ1v) is 7.37. The summed E-state index contributed by atoms with van der Waals surface area (Å²) in [4.78, 5) is 12.3. The van der Waals surface area contributed by atoms with Crippen molar-refractivity contribution in [2.24, 2.45) is 5.92 Å². The number of likely N-dealkylation sites (tertiary alicyclic amines) is 1. The molecule has 0 aliphatic carbocycles. The Labute approximate surface area is 128 Å². The Morgan fingerprint density at radius 2 is 2.00 bits per heavy atom. The van der Waals surface area contributed by atoms with Crippen LogP contribution in [0.3, 0.4) is 0 Å². The molecule has 110 valence electrons. The lowest BCUT2D eigenvalue weighted by atomic mass is 9.94. The van der Waals surface area contributed by atoms with Crippen LogP contribution in [0.2, 0.25) is 10.0 Å². The van der Waals surface area contributed by atoms with Crippen LogP contribution in [0.25, 0.3) is 0 Å². The van der Waals surface area contributed by atoms with Crippen molar-refractivity contribution in [1.82, 2.24) is 4.90 Å². The van der Waals surface area contributed by atoms with Gasteiger partial charge in [0.25, 0.3) is 0 Å². The minimum absolute atomic E-state index is 0.485. The van der Waals surface area contributed by atoms with Crippen LogP contribution in [0, 0.1) is 5.92 Å². The van der Waals surface area contributed by atoms with Crippen LogP contribution in [0.4, 0.5) is 4.79 Å². The fourth-order valence-corrected chi connectivity index (χ4v) is 2.61. The summed E-state index contributed by atoms with van der Waals surface area (Å²) >= 11 is 11.7. The molecule has 1 aliphatic rings. The van der Waals surface area contributed by atoms with Gasteiger partial charge in [0.15, 0.2) is 0 Å². The van der Waals surface area contributed by atoms with Crippen LogP contribution < -0.4 is 4.74 Å². The molecule has 0 aromatic heterocycles. The predicted octanol–water partition coefficient (Wildman–Crippen LogP) is 4.15. The molecule has 20 heavy (non-hydrogen) atoms. The van der Waals surface area contributed by atoms with E-state index >= 15 is 0 Å². The Bertz CT molecular complexity index is 473. The van der Waals surface area contributed by atoms with E-state index in [4.69, 9.17) is 33.0 Å². The molecule has 1 heterocycles. The Hall–Kier alpha value is -1.13. The van der Waals surface area contributed by atoms with Gasteiger partial charge >= 0.3 is 6.09 Å². The number of rotatable bonds is 4. The Morgan fingerprint density at radius 1 is 1.30 bits per heavy atom. The molecule has 1 aromatic rings. The van der Waals surface area contributed by atoms with Gasteiger partial charge in [-0.15, -0.1) is 0 Å². The number of hydrogen-bond acceptors (Lipinski definition) is 2. The summed E-state index contributed by atoms with van der Waals surface area (Å²) in [6.45, 7) is 1.84. The third-order valence-electron chi connectivity index (χ3n) is 3.57. The second kappa shape index (κ2) is 7.04. The van der Waals surface area contributed by atoms with Gasteiger partial charge in [0.2, 0.25) is 0 Å².